The molecular formula is C21H14ClN3O2. The molecule has 27 heavy (non-hydrogen) atoms. The Hall–Kier alpha value is -3.44. The highest BCUT2D eigenvalue weighted by atomic mass is 35.5. The normalized spacial score (nSPS) is 11.5. The van der Waals surface area contributed by atoms with Gasteiger partial charge in [0.05, 0.1) is 5.69 Å². The molecule has 0 atom stereocenters. The Bertz CT molecular complexity index is 1190. The van der Waals surface area contributed by atoms with Crippen molar-refractivity contribution in [3.63, 3.8) is 0 Å². The fourth-order valence-electron chi connectivity index (χ4n) is 2.60. The summed E-state index contributed by atoms with van der Waals surface area (Å²) in [5.41, 5.74) is 1.73. The first-order chi connectivity index (χ1) is 13.2. The van der Waals surface area contributed by atoms with Gasteiger partial charge in [0.15, 0.2) is 0 Å². The zero-order valence-corrected chi connectivity index (χ0v) is 14.9. The maximum atomic E-state index is 12.8. The molecule has 1 N–H and O–H groups in total. The Kier molecular flexibility index (Phi) is 4.68. The molecule has 0 radical (unpaired) electrons. The fourth-order valence-corrected chi connectivity index (χ4v) is 2.78. The van der Waals surface area contributed by atoms with Crippen LogP contribution in [0.2, 0.25) is 5.02 Å². The van der Waals surface area contributed by atoms with E-state index in [9.17, 15) is 4.79 Å². The number of aromatic nitrogens is 1. The van der Waals surface area contributed by atoms with Gasteiger partial charge in [-0.25, -0.2) is 9.98 Å². The minimum absolute atomic E-state index is 0.199. The zero-order valence-electron chi connectivity index (χ0n) is 14.1. The number of halogens is 1. The molecule has 0 saturated carbocycles. The summed E-state index contributed by atoms with van der Waals surface area (Å²) >= 11 is 6.04. The first-order valence-corrected chi connectivity index (χ1v) is 8.62. The number of hydrogen-bond donors (Lipinski definition) is 1. The maximum Gasteiger partial charge on any atom is 0.262 e. The number of nitrogens with zero attached hydrogens (tertiary/aromatic N) is 2. The van der Waals surface area contributed by atoms with Crippen LogP contribution in [0, 0.1) is 0 Å². The van der Waals surface area contributed by atoms with Crippen LogP contribution in [0.5, 0.6) is 0 Å². The Morgan fingerprint density at radius 1 is 1.00 bits per heavy atom. The molecule has 0 aliphatic carbocycles. The Morgan fingerprint density at radius 2 is 1.85 bits per heavy atom. The van der Waals surface area contributed by atoms with Gasteiger partial charge in [0.1, 0.15) is 17.0 Å². The van der Waals surface area contributed by atoms with Crippen molar-refractivity contribution in [2.24, 2.45) is 4.99 Å². The summed E-state index contributed by atoms with van der Waals surface area (Å²) in [5, 5.41) is 4.12. The second-order valence-corrected chi connectivity index (χ2v) is 6.20. The van der Waals surface area contributed by atoms with Crippen molar-refractivity contribution in [2.75, 3.05) is 5.32 Å². The molecule has 5 nitrogen and oxygen atoms in total. The summed E-state index contributed by atoms with van der Waals surface area (Å²) in [7, 11) is 0. The molecule has 132 valence electrons. The number of nitrogens with one attached hydrogen (secondary N) is 1. The van der Waals surface area contributed by atoms with Crippen LogP contribution in [0.1, 0.15) is 10.4 Å². The first-order valence-electron chi connectivity index (χ1n) is 8.25. The van der Waals surface area contributed by atoms with Crippen LogP contribution in [-0.2, 0) is 0 Å². The monoisotopic (exact) mass is 375 g/mol. The number of carbonyl (C=O) groups excluding carboxylic acids is 1. The molecule has 6 heteroatoms. The third kappa shape index (κ3) is 3.88. The summed E-state index contributed by atoms with van der Waals surface area (Å²) in [6, 6.07) is 21.5. The van der Waals surface area contributed by atoms with E-state index in [2.05, 4.69) is 15.3 Å². The number of hydrogen-bond acceptors (Lipinski definition) is 4. The second kappa shape index (κ2) is 7.43. The lowest BCUT2D eigenvalue weighted by molar-refractivity contribution is 0.102. The highest BCUT2D eigenvalue weighted by Gasteiger charge is 2.13. The number of benzene rings is 2. The van der Waals surface area contributed by atoms with E-state index < -0.39 is 0 Å². The lowest BCUT2D eigenvalue weighted by Crippen LogP contribution is -2.22. The largest absolute Gasteiger partial charge is 0.438 e. The summed E-state index contributed by atoms with van der Waals surface area (Å²) in [5.74, 6) is 0.0911. The maximum absolute atomic E-state index is 12.8. The summed E-state index contributed by atoms with van der Waals surface area (Å²) < 4.78 is 5.90. The van der Waals surface area contributed by atoms with Crippen molar-refractivity contribution in [3.05, 3.63) is 95.1 Å². The van der Waals surface area contributed by atoms with Crippen molar-refractivity contribution in [1.82, 2.24) is 4.98 Å². The van der Waals surface area contributed by atoms with E-state index in [1.165, 1.54) is 0 Å². The molecule has 0 spiro atoms. The molecule has 4 aromatic rings. The highest BCUT2D eigenvalue weighted by molar-refractivity contribution is 6.30. The van der Waals surface area contributed by atoms with Crippen LogP contribution in [0.3, 0.4) is 0 Å². The molecule has 2 heterocycles. The molecule has 1 amide bonds. The third-order valence-electron chi connectivity index (χ3n) is 3.85. The van der Waals surface area contributed by atoms with E-state index in [1.807, 2.05) is 24.3 Å². The van der Waals surface area contributed by atoms with E-state index in [1.54, 1.807) is 54.7 Å². The van der Waals surface area contributed by atoms with Gasteiger partial charge in [0.2, 0.25) is 5.55 Å². The Labute approximate surface area is 160 Å². The molecule has 2 aromatic carbocycles. The smallest absolute Gasteiger partial charge is 0.262 e. The molecule has 0 aliphatic heterocycles. The van der Waals surface area contributed by atoms with E-state index in [4.69, 9.17) is 16.0 Å². The van der Waals surface area contributed by atoms with Crippen molar-refractivity contribution in [2.45, 2.75) is 0 Å². The summed E-state index contributed by atoms with van der Waals surface area (Å²) in [6.07, 6.45) is 1.61. The Morgan fingerprint density at radius 3 is 2.67 bits per heavy atom. The zero-order chi connectivity index (χ0) is 18.6. The van der Waals surface area contributed by atoms with Gasteiger partial charge in [0, 0.05) is 16.6 Å². The first kappa shape index (κ1) is 17.0. The average molecular weight is 376 g/mol. The van der Waals surface area contributed by atoms with Crippen LogP contribution in [0.15, 0.2) is 88.4 Å². The van der Waals surface area contributed by atoms with Gasteiger partial charge >= 0.3 is 0 Å². The lowest BCUT2D eigenvalue weighted by Gasteiger charge is -2.06. The minimum Gasteiger partial charge on any atom is -0.438 e. The minimum atomic E-state index is -0.357. The van der Waals surface area contributed by atoms with Crippen LogP contribution in [-0.4, -0.2) is 10.9 Å². The Balaban J connectivity index is 1.85. The molecule has 4 rings (SSSR count). The molecule has 0 fully saturated rings. The van der Waals surface area contributed by atoms with Crippen LogP contribution in [0.25, 0.3) is 11.0 Å². The second-order valence-electron chi connectivity index (χ2n) is 5.76. The number of para-hydroxylation sites is 1. The summed E-state index contributed by atoms with van der Waals surface area (Å²) in [4.78, 5) is 21.4. The fraction of sp³-hybridized carbons (Fsp3) is 0. The average Bonchev–Trinajstić information content (AvgIpc) is 2.68. The van der Waals surface area contributed by atoms with Gasteiger partial charge < -0.3 is 9.73 Å². The molecule has 0 saturated heterocycles. The van der Waals surface area contributed by atoms with Gasteiger partial charge in [-0.2, -0.15) is 0 Å². The number of fused-ring (bicyclic) bond motifs is 1. The van der Waals surface area contributed by atoms with Crippen molar-refractivity contribution in [3.8, 4) is 0 Å². The van der Waals surface area contributed by atoms with Gasteiger partial charge in [0.25, 0.3) is 5.91 Å². The SMILES string of the molecule is O=C(Nc1ccccn1)c1cc2ccccc2oc1=Nc1cccc(Cl)c1. The van der Waals surface area contributed by atoms with Crippen molar-refractivity contribution >= 4 is 40.0 Å². The molecule has 2 aromatic heterocycles. The van der Waals surface area contributed by atoms with Crippen molar-refractivity contribution < 1.29 is 9.21 Å². The predicted molar refractivity (Wildman–Crippen MR) is 105 cm³/mol. The van der Waals surface area contributed by atoms with Crippen molar-refractivity contribution in [1.29, 1.82) is 0 Å². The van der Waals surface area contributed by atoms with Crippen LogP contribution in [0.4, 0.5) is 11.5 Å². The van der Waals surface area contributed by atoms with Gasteiger partial charge in [-0.15, -0.1) is 0 Å². The van der Waals surface area contributed by atoms with Gasteiger partial charge in [-0.1, -0.05) is 41.9 Å². The van der Waals surface area contributed by atoms with Gasteiger partial charge in [-0.3, -0.25) is 4.79 Å². The number of amides is 1. The number of anilines is 1. The predicted octanol–water partition coefficient (Wildman–Crippen LogP) is 4.97. The topological polar surface area (TPSA) is 67.5 Å². The van der Waals surface area contributed by atoms with Gasteiger partial charge in [-0.05, 0) is 42.5 Å². The van der Waals surface area contributed by atoms with E-state index in [0.29, 0.717) is 27.7 Å². The standard InChI is InChI=1S/C21H14ClN3O2/c22-15-7-5-8-16(13-15)24-21-17(12-14-6-1-2-9-18(14)27-21)20(26)25-19-10-3-4-11-23-19/h1-13H,(H,23,25,26). The van der Waals surface area contributed by atoms with Crippen LogP contribution < -0.4 is 10.9 Å². The molecule has 0 unspecified atom stereocenters. The van der Waals surface area contributed by atoms with E-state index >= 15 is 0 Å². The highest BCUT2D eigenvalue weighted by Crippen LogP contribution is 2.19. The third-order valence-corrected chi connectivity index (χ3v) is 4.08. The number of carbonyl (C=O) groups is 1. The number of rotatable bonds is 3. The van der Waals surface area contributed by atoms with E-state index in [-0.39, 0.29) is 11.5 Å². The summed E-state index contributed by atoms with van der Waals surface area (Å²) in [6.45, 7) is 0. The lowest BCUT2D eigenvalue weighted by atomic mass is 10.1. The molecule has 0 bridgehead atoms. The molecular weight excluding hydrogens is 362 g/mol. The number of pyridine rings is 1. The van der Waals surface area contributed by atoms with Crippen LogP contribution >= 0.6 is 11.6 Å². The molecule has 0 aliphatic rings. The quantitative estimate of drug-likeness (QED) is 0.550. The van der Waals surface area contributed by atoms with E-state index in [0.717, 1.165) is 5.39 Å².